The zero-order valence-corrected chi connectivity index (χ0v) is 60.4. The second-order valence-corrected chi connectivity index (χ2v) is 25.7. The Labute approximate surface area is 652 Å². The Kier molecular flexibility index (Phi) is 26.1. The smallest absolute Gasteiger partial charge is 0.537 e. The van der Waals surface area contributed by atoms with Crippen LogP contribution in [-0.4, -0.2) is 127 Å². The van der Waals surface area contributed by atoms with Crippen molar-refractivity contribution in [3.8, 4) is 39.5 Å². The Morgan fingerprint density at radius 2 is 0.690 bits per heavy atom. The average Bonchev–Trinajstić information content (AvgIpc) is 0.743. The van der Waals surface area contributed by atoms with Crippen molar-refractivity contribution in [1.29, 1.82) is 0 Å². The second kappa shape index (κ2) is 37.7. The van der Waals surface area contributed by atoms with E-state index in [1.54, 1.807) is 60.8 Å². The van der Waals surface area contributed by atoms with Gasteiger partial charge in [-0.15, -0.1) is 0 Å². The summed E-state index contributed by atoms with van der Waals surface area (Å²) in [6.07, 6.45) is 7.51. The molecule has 0 aliphatic carbocycles. The normalized spacial score (nSPS) is 10.6. The summed E-state index contributed by atoms with van der Waals surface area (Å²) >= 11 is 0. The molecule has 3 radical (unpaired) electrons. The molecule has 545 valence electrons. The molecule has 25 heteroatoms. The summed E-state index contributed by atoms with van der Waals surface area (Å²) in [5.74, 6) is 1.90. The van der Waals surface area contributed by atoms with E-state index in [1.165, 1.54) is 84.2 Å². The van der Waals surface area contributed by atoms with E-state index in [2.05, 4.69) is 185 Å². The van der Waals surface area contributed by atoms with Crippen molar-refractivity contribution in [2.45, 2.75) is 0 Å². The zero-order chi connectivity index (χ0) is 78.6. The first kappa shape index (κ1) is 78.3. The minimum Gasteiger partial charge on any atom is -0.537 e. The highest BCUT2D eigenvalue weighted by Crippen LogP contribution is 2.42. The van der Waals surface area contributed by atoms with Gasteiger partial charge < -0.3 is 69.2 Å². The minimum absolute atomic E-state index is 0.275. The van der Waals surface area contributed by atoms with Gasteiger partial charge in [-0.1, -0.05) is 218 Å². The molecule has 0 saturated carbocycles. The summed E-state index contributed by atoms with van der Waals surface area (Å²) < 4.78 is 14.9. The van der Waals surface area contributed by atoms with Crippen molar-refractivity contribution < 1.29 is 69.2 Å². The van der Waals surface area contributed by atoms with Crippen LogP contribution < -0.4 is 35.9 Å². The third kappa shape index (κ3) is 19.3. The number of hydrogen-bond donors (Lipinski definition) is 11. The second-order valence-electron chi connectivity index (χ2n) is 25.7. The highest BCUT2D eigenvalue weighted by molar-refractivity contribution is 6.59. The molecule has 0 spiro atoms. The molecule has 19 rings (SSSR count). The Balaban J connectivity index is 0.000000121. The van der Waals surface area contributed by atoms with Gasteiger partial charge in [-0.2, -0.15) is 0 Å². The number of fused-ring (bicyclic) bond motifs is 9. The van der Waals surface area contributed by atoms with Crippen molar-refractivity contribution in [3.05, 3.63) is 346 Å². The maximum Gasteiger partial charge on any atom is 0.569 e. The van der Waals surface area contributed by atoms with E-state index < -0.39 is 28.5 Å². The van der Waals surface area contributed by atoms with Crippen LogP contribution in [0.25, 0.3) is 130 Å². The van der Waals surface area contributed by atoms with Crippen LogP contribution in [-0.2, 0) is 0 Å². The molecule has 113 heavy (non-hydrogen) atoms. The van der Waals surface area contributed by atoms with E-state index in [0.29, 0.717) is 56.7 Å². The Morgan fingerprint density at radius 1 is 0.257 bits per heavy atom. The molecule has 18 nitrogen and oxygen atoms in total. The number of hydrogen-bond acceptors (Lipinski definition) is 18. The van der Waals surface area contributed by atoms with Crippen molar-refractivity contribution >= 4 is 181 Å². The summed E-state index contributed by atoms with van der Waals surface area (Å²) in [4.78, 5) is 16.1. The third-order valence-corrected chi connectivity index (χ3v) is 18.6. The maximum atomic E-state index is 9.56. The van der Waals surface area contributed by atoms with Gasteiger partial charge in [0.15, 0.2) is 0 Å². The SMILES string of the molecule is OB(O)c1ccc(-c2c3c(ccc4ccccc43)nc3ccc4ccccc4c23)cc1.OB(O)c1ccccn1.OB(O)c1cccnc1.OB(O)c1ccncc1.O[B]Oc1cc2ccc3cccc4ccc(c1)c2c34.O[B]Oc1ccc(-c2ccc3ccccc3c2)cc1.O[B]Oc1ccc2cc3ccccc3cc2c1. The van der Waals surface area contributed by atoms with Crippen molar-refractivity contribution in [2.24, 2.45) is 0 Å². The first-order valence-electron chi connectivity index (χ1n) is 35.7. The van der Waals surface area contributed by atoms with Crippen molar-refractivity contribution in [3.63, 3.8) is 0 Å². The molecule has 4 aromatic heterocycles. The maximum absolute atomic E-state index is 9.56. The molecule has 0 aliphatic rings. The lowest BCUT2D eigenvalue weighted by Gasteiger charge is -2.16. The highest BCUT2D eigenvalue weighted by Gasteiger charge is 2.19. The number of benzene rings is 15. The molecular formula is C88H68B7N4O14. The van der Waals surface area contributed by atoms with E-state index in [9.17, 15) is 10.0 Å². The fourth-order valence-electron chi connectivity index (χ4n) is 13.3. The fraction of sp³-hybridized carbons (Fsp3) is 0. The standard InChI is InChI=1S/C27H18BNO2.C16H10BO2.C16H12BO2.C14H10BO2.3C5H6BNO2/c30-28(31)20-13-9-19(10-14-20)25-26-21-7-3-1-5-17(21)11-15-23(26)29-24-16-12-18-6-2-4-8-22(18)27(24)25;18-17-19-14-8-12-6-4-10-2-1-3-11-5-7-13(9-14)16(12)15(10)11;18-17-19-16-9-7-13(8-10-16)15-6-5-12-3-1-2-4-14(12)11-15;16-15-17-14-6-5-12-7-10-3-1-2-4-11(10)8-13(12)9-14;8-6(9)5-1-3-7-4-2-5;8-6(9)5-2-1-3-7-4-5;8-6(9)5-3-1-2-4-7-5/h1-16,30-31H;1-9,18H;1-11,18H;1-9,16H;3*1-4,8-9H. The van der Waals surface area contributed by atoms with Crippen LogP contribution >= 0.6 is 0 Å². The van der Waals surface area contributed by atoms with Crippen LogP contribution in [0.2, 0.25) is 0 Å². The summed E-state index contributed by atoms with van der Waals surface area (Å²) in [6.45, 7) is 0. The first-order chi connectivity index (χ1) is 55.2. The van der Waals surface area contributed by atoms with E-state index in [4.69, 9.17) is 64.2 Å². The quantitative estimate of drug-likeness (QED) is 0.0308. The van der Waals surface area contributed by atoms with Crippen molar-refractivity contribution in [1.82, 2.24) is 19.9 Å². The first-order valence-corrected chi connectivity index (χ1v) is 35.7. The van der Waals surface area contributed by atoms with Gasteiger partial charge in [-0.05, 0) is 211 Å². The van der Waals surface area contributed by atoms with Crippen LogP contribution in [0, 0.1) is 0 Å². The molecule has 0 amide bonds. The van der Waals surface area contributed by atoms with E-state index in [-0.39, 0.29) is 5.59 Å². The lowest BCUT2D eigenvalue weighted by Crippen LogP contribution is -2.31. The summed E-state index contributed by atoms with van der Waals surface area (Å²) in [5, 5.41) is 118. The van der Waals surface area contributed by atoms with Gasteiger partial charge >= 0.3 is 51.5 Å². The molecule has 19 aromatic rings. The van der Waals surface area contributed by atoms with Crippen LogP contribution in [0.1, 0.15) is 0 Å². The van der Waals surface area contributed by atoms with Crippen LogP contribution in [0.15, 0.2) is 346 Å². The van der Waals surface area contributed by atoms with Gasteiger partial charge in [0.05, 0.1) is 16.6 Å². The largest absolute Gasteiger partial charge is 0.569 e. The minimum atomic E-state index is -1.48. The van der Waals surface area contributed by atoms with Gasteiger partial charge in [-0.25, -0.2) is 4.98 Å². The molecule has 0 saturated heterocycles. The molecule has 15 aromatic carbocycles. The highest BCUT2D eigenvalue weighted by atomic mass is 16.5. The average molecular weight is 1480 g/mol. The topological polar surface area (TPSA) is 302 Å². The summed E-state index contributed by atoms with van der Waals surface area (Å²) in [7, 11) is -3.63. The number of aromatic nitrogens is 4. The van der Waals surface area contributed by atoms with Gasteiger partial charge in [0.25, 0.3) is 0 Å². The molecular weight excluding hydrogens is 1410 g/mol. The van der Waals surface area contributed by atoms with Gasteiger partial charge in [0.1, 0.15) is 17.2 Å². The molecule has 0 bridgehead atoms. The van der Waals surface area contributed by atoms with Crippen LogP contribution in [0.3, 0.4) is 0 Å². The molecule has 11 N–H and O–H groups in total. The third-order valence-electron chi connectivity index (χ3n) is 18.6. The monoisotopic (exact) mass is 1480 g/mol. The van der Waals surface area contributed by atoms with Crippen LogP contribution in [0.5, 0.6) is 17.2 Å². The number of pyridine rings is 4. The van der Waals surface area contributed by atoms with Gasteiger partial charge in [0.2, 0.25) is 0 Å². The molecule has 4 heterocycles. The Hall–Kier alpha value is -12.8. The van der Waals surface area contributed by atoms with Gasteiger partial charge in [-0.3, -0.25) is 15.0 Å². The predicted octanol–water partition coefficient (Wildman–Crippen LogP) is 11.1. The fourth-order valence-corrected chi connectivity index (χ4v) is 13.3. The lowest BCUT2D eigenvalue weighted by molar-refractivity contribution is 0.423. The molecule has 0 aliphatic heterocycles. The number of rotatable bonds is 12. The van der Waals surface area contributed by atoms with E-state index in [1.807, 2.05) is 91.0 Å². The Morgan fingerprint density at radius 3 is 1.21 bits per heavy atom. The molecule has 0 atom stereocenters. The lowest BCUT2D eigenvalue weighted by atomic mass is 9.79. The zero-order valence-electron chi connectivity index (χ0n) is 60.4. The predicted molar refractivity (Wildman–Crippen MR) is 458 cm³/mol. The van der Waals surface area contributed by atoms with Gasteiger partial charge in [0, 0.05) is 52.8 Å². The van der Waals surface area contributed by atoms with E-state index >= 15 is 0 Å². The van der Waals surface area contributed by atoms with E-state index in [0.717, 1.165) is 70.8 Å². The van der Waals surface area contributed by atoms with Crippen molar-refractivity contribution in [2.75, 3.05) is 0 Å². The number of nitrogens with zero attached hydrogens (tertiary/aromatic N) is 4. The summed E-state index contributed by atoms with van der Waals surface area (Å²) in [5.41, 5.74) is 7.95. The van der Waals surface area contributed by atoms with Crippen LogP contribution in [0.4, 0.5) is 0 Å². The Bertz CT molecular complexity index is 6100. The molecule has 0 unspecified atom stereocenters. The molecule has 0 fully saturated rings. The summed E-state index contributed by atoms with van der Waals surface area (Å²) in [6, 6.07) is 103.